The van der Waals surface area contributed by atoms with Crippen LogP contribution in [-0.2, 0) is 16.1 Å². The molecular weight excluding hydrogens is 318 g/mol. The van der Waals surface area contributed by atoms with Gasteiger partial charge in [-0.2, -0.15) is 5.10 Å². The standard InChI is InChI=1S/C18H31N5O2/c1-13(18(24)20-16-7-5-4-6-8-16)22-9-10-25-17(11-22)12-23-15(3)19-14(2)21-23/h13,16-17H,4-12H2,1-3H3,(H,20,24). The average molecular weight is 349 g/mol. The van der Waals surface area contributed by atoms with E-state index in [1.807, 2.05) is 25.5 Å². The number of amides is 1. The second-order valence-electron chi connectivity index (χ2n) is 7.40. The summed E-state index contributed by atoms with van der Waals surface area (Å²) in [5, 5.41) is 7.66. The molecule has 25 heavy (non-hydrogen) atoms. The van der Waals surface area contributed by atoms with Crippen molar-refractivity contribution in [3.8, 4) is 0 Å². The lowest BCUT2D eigenvalue weighted by Crippen LogP contribution is -2.54. The van der Waals surface area contributed by atoms with E-state index in [4.69, 9.17) is 4.74 Å². The van der Waals surface area contributed by atoms with Gasteiger partial charge in [-0.3, -0.25) is 9.69 Å². The summed E-state index contributed by atoms with van der Waals surface area (Å²) in [5.41, 5.74) is 0. The molecule has 0 spiro atoms. The highest BCUT2D eigenvalue weighted by Gasteiger charge is 2.29. The molecule has 2 aliphatic rings. The van der Waals surface area contributed by atoms with Crippen LogP contribution < -0.4 is 5.32 Å². The van der Waals surface area contributed by atoms with E-state index in [-0.39, 0.29) is 18.1 Å². The highest BCUT2D eigenvalue weighted by atomic mass is 16.5. The minimum absolute atomic E-state index is 0.0403. The first-order valence-corrected chi connectivity index (χ1v) is 9.57. The number of rotatable bonds is 5. The molecule has 1 saturated heterocycles. The van der Waals surface area contributed by atoms with Gasteiger partial charge in [0.05, 0.1) is 25.3 Å². The first kappa shape index (κ1) is 18.3. The third kappa shape index (κ3) is 4.79. The lowest BCUT2D eigenvalue weighted by atomic mass is 9.95. The van der Waals surface area contributed by atoms with Gasteiger partial charge in [0.15, 0.2) is 0 Å². The summed E-state index contributed by atoms with van der Waals surface area (Å²) in [7, 11) is 0. The van der Waals surface area contributed by atoms with Crippen LogP contribution in [-0.4, -0.2) is 63.5 Å². The van der Waals surface area contributed by atoms with Gasteiger partial charge in [-0.1, -0.05) is 19.3 Å². The number of hydrogen-bond donors (Lipinski definition) is 1. The largest absolute Gasteiger partial charge is 0.374 e. The summed E-state index contributed by atoms with van der Waals surface area (Å²) in [6.45, 7) is 8.74. The Hall–Kier alpha value is -1.47. The lowest BCUT2D eigenvalue weighted by Gasteiger charge is -2.37. The number of morpholine rings is 1. The first-order chi connectivity index (χ1) is 12.0. The van der Waals surface area contributed by atoms with Crippen LogP contribution in [0.5, 0.6) is 0 Å². The summed E-state index contributed by atoms with van der Waals surface area (Å²) >= 11 is 0. The normalized spacial score (nSPS) is 24.2. The van der Waals surface area contributed by atoms with Crippen LogP contribution in [0.3, 0.4) is 0 Å². The zero-order chi connectivity index (χ0) is 17.8. The van der Waals surface area contributed by atoms with Gasteiger partial charge in [-0.05, 0) is 33.6 Å². The molecule has 1 N–H and O–H groups in total. The smallest absolute Gasteiger partial charge is 0.237 e. The second-order valence-corrected chi connectivity index (χ2v) is 7.40. The Morgan fingerprint density at radius 1 is 1.32 bits per heavy atom. The van der Waals surface area contributed by atoms with Crippen molar-refractivity contribution in [3.63, 3.8) is 0 Å². The fourth-order valence-corrected chi connectivity index (χ4v) is 3.87. The zero-order valence-electron chi connectivity index (χ0n) is 15.7. The molecular formula is C18H31N5O2. The molecule has 1 saturated carbocycles. The van der Waals surface area contributed by atoms with E-state index in [0.29, 0.717) is 19.2 Å². The first-order valence-electron chi connectivity index (χ1n) is 9.57. The minimum atomic E-state index is -0.119. The Balaban J connectivity index is 1.52. The van der Waals surface area contributed by atoms with Crippen LogP contribution in [0.15, 0.2) is 0 Å². The van der Waals surface area contributed by atoms with Gasteiger partial charge < -0.3 is 10.1 Å². The van der Waals surface area contributed by atoms with E-state index in [0.717, 1.165) is 37.6 Å². The van der Waals surface area contributed by atoms with Gasteiger partial charge in [0.25, 0.3) is 0 Å². The number of carbonyl (C=O) groups is 1. The number of nitrogens with zero attached hydrogens (tertiary/aromatic N) is 4. The van der Waals surface area contributed by atoms with E-state index in [1.54, 1.807) is 0 Å². The molecule has 3 rings (SSSR count). The molecule has 1 amide bonds. The van der Waals surface area contributed by atoms with E-state index >= 15 is 0 Å². The summed E-state index contributed by atoms with van der Waals surface area (Å²) in [6, 6.07) is 0.244. The molecule has 7 nitrogen and oxygen atoms in total. The van der Waals surface area contributed by atoms with Gasteiger partial charge in [-0.25, -0.2) is 9.67 Å². The maximum Gasteiger partial charge on any atom is 0.237 e. The molecule has 140 valence electrons. The number of carbonyl (C=O) groups excluding carboxylic acids is 1. The summed E-state index contributed by atoms with van der Waals surface area (Å²) < 4.78 is 7.79. The van der Waals surface area contributed by atoms with Crippen LogP contribution in [0.1, 0.15) is 50.7 Å². The molecule has 2 atom stereocenters. The second kappa shape index (κ2) is 8.27. The van der Waals surface area contributed by atoms with Crippen LogP contribution in [0.25, 0.3) is 0 Å². The molecule has 1 aromatic heterocycles. The van der Waals surface area contributed by atoms with Crippen molar-refractivity contribution >= 4 is 5.91 Å². The van der Waals surface area contributed by atoms with E-state index in [1.165, 1.54) is 19.3 Å². The molecule has 1 aromatic rings. The van der Waals surface area contributed by atoms with Crippen molar-refractivity contribution in [2.24, 2.45) is 0 Å². The summed E-state index contributed by atoms with van der Waals surface area (Å²) in [6.07, 6.45) is 6.04. The van der Waals surface area contributed by atoms with Crippen LogP contribution in [0.4, 0.5) is 0 Å². The van der Waals surface area contributed by atoms with Crippen molar-refractivity contribution in [3.05, 3.63) is 11.6 Å². The monoisotopic (exact) mass is 349 g/mol. The van der Waals surface area contributed by atoms with Gasteiger partial charge in [0.2, 0.25) is 5.91 Å². The van der Waals surface area contributed by atoms with Crippen LogP contribution >= 0.6 is 0 Å². The fraction of sp³-hybridized carbons (Fsp3) is 0.833. The minimum Gasteiger partial charge on any atom is -0.374 e. The summed E-state index contributed by atoms with van der Waals surface area (Å²) in [5.74, 6) is 1.84. The molecule has 2 fully saturated rings. The maximum atomic E-state index is 12.6. The van der Waals surface area contributed by atoms with Crippen LogP contribution in [0.2, 0.25) is 0 Å². The van der Waals surface area contributed by atoms with Crippen molar-refractivity contribution in [2.75, 3.05) is 19.7 Å². The molecule has 0 radical (unpaired) electrons. The quantitative estimate of drug-likeness (QED) is 0.871. The van der Waals surface area contributed by atoms with Gasteiger partial charge in [-0.15, -0.1) is 0 Å². The number of hydrogen-bond acceptors (Lipinski definition) is 5. The van der Waals surface area contributed by atoms with E-state index in [9.17, 15) is 4.79 Å². The number of nitrogens with one attached hydrogen (secondary N) is 1. The third-order valence-electron chi connectivity index (χ3n) is 5.39. The molecule has 1 aliphatic carbocycles. The van der Waals surface area contributed by atoms with Crippen molar-refractivity contribution in [1.82, 2.24) is 25.0 Å². The summed E-state index contributed by atoms with van der Waals surface area (Å²) in [4.78, 5) is 19.2. The van der Waals surface area contributed by atoms with Crippen molar-refractivity contribution < 1.29 is 9.53 Å². The Morgan fingerprint density at radius 2 is 2.08 bits per heavy atom. The molecule has 1 aliphatic heterocycles. The lowest BCUT2D eigenvalue weighted by molar-refractivity contribution is -0.130. The predicted octanol–water partition coefficient (Wildman–Crippen LogP) is 1.43. The number of ether oxygens (including phenoxy) is 1. The Kier molecular flexibility index (Phi) is 6.06. The van der Waals surface area contributed by atoms with Crippen LogP contribution in [0, 0.1) is 13.8 Å². The van der Waals surface area contributed by atoms with Gasteiger partial charge in [0, 0.05) is 19.1 Å². The maximum absolute atomic E-state index is 12.6. The van der Waals surface area contributed by atoms with E-state index < -0.39 is 0 Å². The molecule has 0 bridgehead atoms. The SMILES string of the molecule is Cc1nc(C)n(CC2CN(C(C)C(=O)NC3CCCCC3)CCO2)n1. The zero-order valence-corrected chi connectivity index (χ0v) is 15.7. The fourth-order valence-electron chi connectivity index (χ4n) is 3.87. The topological polar surface area (TPSA) is 72.3 Å². The van der Waals surface area contributed by atoms with Crippen molar-refractivity contribution in [2.45, 2.75) is 77.6 Å². The van der Waals surface area contributed by atoms with E-state index in [2.05, 4.69) is 20.3 Å². The number of aryl methyl sites for hydroxylation is 2. The molecule has 2 unspecified atom stereocenters. The van der Waals surface area contributed by atoms with Gasteiger partial charge in [0.1, 0.15) is 11.6 Å². The highest BCUT2D eigenvalue weighted by molar-refractivity contribution is 5.81. The molecule has 0 aromatic carbocycles. The highest BCUT2D eigenvalue weighted by Crippen LogP contribution is 2.18. The number of aromatic nitrogens is 3. The average Bonchev–Trinajstić information content (AvgIpc) is 2.92. The predicted molar refractivity (Wildman–Crippen MR) is 95.3 cm³/mol. The molecule has 7 heteroatoms. The Labute approximate surface area is 150 Å². The Morgan fingerprint density at radius 3 is 2.76 bits per heavy atom. The third-order valence-corrected chi connectivity index (χ3v) is 5.39. The van der Waals surface area contributed by atoms with Crippen molar-refractivity contribution in [1.29, 1.82) is 0 Å². The Bertz CT molecular complexity index is 582. The molecule has 2 heterocycles. The van der Waals surface area contributed by atoms with Gasteiger partial charge >= 0.3 is 0 Å².